The summed E-state index contributed by atoms with van der Waals surface area (Å²) < 4.78 is 6.91. The third-order valence-electron chi connectivity index (χ3n) is 4.51. The molecule has 0 saturated carbocycles. The zero-order chi connectivity index (χ0) is 19.5. The molecule has 28 heavy (non-hydrogen) atoms. The molecule has 7 nitrogen and oxygen atoms in total. The number of amides is 1. The number of benzene rings is 2. The minimum absolute atomic E-state index is 0.182. The van der Waals surface area contributed by atoms with Crippen LogP contribution in [0.25, 0.3) is 16.9 Å². The van der Waals surface area contributed by atoms with E-state index in [4.69, 9.17) is 4.52 Å². The Bertz CT molecular complexity index is 1070. The molecule has 2 aromatic carbocycles. The van der Waals surface area contributed by atoms with E-state index < -0.39 is 0 Å². The highest BCUT2D eigenvalue weighted by atomic mass is 16.5. The monoisotopic (exact) mass is 373 g/mol. The van der Waals surface area contributed by atoms with Crippen molar-refractivity contribution in [3.8, 4) is 16.9 Å². The molecule has 7 heteroatoms. The second kappa shape index (κ2) is 7.48. The minimum Gasteiger partial charge on any atom is -0.350 e. The Morgan fingerprint density at radius 3 is 2.54 bits per heavy atom. The minimum atomic E-state index is -0.307. The number of aromatic nitrogens is 4. The molecular formula is C21H19N5O2. The van der Waals surface area contributed by atoms with Gasteiger partial charge in [-0.1, -0.05) is 47.1 Å². The van der Waals surface area contributed by atoms with Crippen LogP contribution in [0.2, 0.25) is 0 Å². The number of hydrogen-bond donors (Lipinski definition) is 1. The summed E-state index contributed by atoms with van der Waals surface area (Å²) in [6.07, 6.45) is 3.12. The molecule has 0 saturated heterocycles. The molecule has 0 aliphatic heterocycles. The van der Waals surface area contributed by atoms with Gasteiger partial charge in [0.15, 0.2) is 0 Å². The Morgan fingerprint density at radius 2 is 1.86 bits per heavy atom. The van der Waals surface area contributed by atoms with E-state index in [1.54, 1.807) is 17.1 Å². The summed E-state index contributed by atoms with van der Waals surface area (Å²) in [6.45, 7) is 3.94. The summed E-state index contributed by atoms with van der Waals surface area (Å²) in [5.74, 6) is -0.125. The fourth-order valence-electron chi connectivity index (χ4n) is 2.85. The smallest absolute Gasteiger partial charge is 0.290 e. The van der Waals surface area contributed by atoms with E-state index in [0.29, 0.717) is 5.69 Å². The second-order valence-corrected chi connectivity index (χ2v) is 6.57. The van der Waals surface area contributed by atoms with Crippen LogP contribution in [0.3, 0.4) is 0 Å². The van der Waals surface area contributed by atoms with Gasteiger partial charge < -0.3 is 9.84 Å². The number of aryl methyl sites for hydroxylation is 1. The molecule has 1 atom stereocenters. The van der Waals surface area contributed by atoms with E-state index in [1.165, 1.54) is 6.33 Å². The lowest BCUT2D eigenvalue weighted by Gasteiger charge is -2.13. The van der Waals surface area contributed by atoms with Crippen molar-refractivity contribution in [1.29, 1.82) is 0 Å². The maximum Gasteiger partial charge on any atom is 0.290 e. The highest BCUT2D eigenvalue weighted by molar-refractivity contribution is 5.92. The third kappa shape index (κ3) is 3.68. The number of nitrogens with one attached hydrogen (secondary N) is 1. The van der Waals surface area contributed by atoms with E-state index >= 15 is 0 Å². The molecule has 0 fully saturated rings. The summed E-state index contributed by atoms with van der Waals surface area (Å²) in [6, 6.07) is 17.1. The van der Waals surface area contributed by atoms with Crippen LogP contribution in [0.4, 0.5) is 0 Å². The summed E-state index contributed by atoms with van der Waals surface area (Å²) >= 11 is 0. The SMILES string of the molecule is Cc1ccc(-c2cc(C(=O)NC(C)c3ccc(-n4cncn4)cc3)on2)cc1. The number of carbonyl (C=O) groups excluding carboxylic acids is 1. The fraction of sp³-hybridized carbons (Fsp3) is 0.143. The second-order valence-electron chi connectivity index (χ2n) is 6.57. The zero-order valence-corrected chi connectivity index (χ0v) is 15.5. The summed E-state index contributed by atoms with van der Waals surface area (Å²) in [5.41, 5.74) is 4.57. The first-order valence-electron chi connectivity index (χ1n) is 8.90. The maximum atomic E-state index is 12.5. The molecule has 0 aliphatic rings. The van der Waals surface area contributed by atoms with Crippen molar-refractivity contribution in [3.63, 3.8) is 0 Å². The van der Waals surface area contributed by atoms with Gasteiger partial charge in [0.1, 0.15) is 18.3 Å². The Hall–Kier alpha value is -3.74. The van der Waals surface area contributed by atoms with Gasteiger partial charge in [-0.25, -0.2) is 9.67 Å². The Morgan fingerprint density at radius 1 is 1.11 bits per heavy atom. The van der Waals surface area contributed by atoms with Crippen LogP contribution < -0.4 is 5.32 Å². The number of rotatable bonds is 5. The van der Waals surface area contributed by atoms with E-state index in [1.807, 2.05) is 62.4 Å². The van der Waals surface area contributed by atoms with Gasteiger partial charge in [-0.3, -0.25) is 4.79 Å². The van der Waals surface area contributed by atoms with Crippen molar-refractivity contribution in [2.45, 2.75) is 19.9 Å². The van der Waals surface area contributed by atoms with Gasteiger partial charge >= 0.3 is 0 Å². The van der Waals surface area contributed by atoms with Crippen molar-refractivity contribution in [2.24, 2.45) is 0 Å². The standard InChI is InChI=1S/C21H19N5O2/c1-14-3-5-17(6-4-14)19-11-20(28-25-19)21(27)24-15(2)16-7-9-18(10-8-16)26-13-22-12-23-26/h3-13,15H,1-2H3,(H,24,27). The van der Waals surface area contributed by atoms with Crippen molar-refractivity contribution in [2.75, 3.05) is 0 Å². The maximum absolute atomic E-state index is 12.5. The van der Waals surface area contributed by atoms with Gasteiger partial charge in [0.05, 0.1) is 11.7 Å². The Balaban J connectivity index is 1.44. The summed E-state index contributed by atoms with van der Waals surface area (Å²) in [5, 5.41) is 11.0. The molecule has 0 radical (unpaired) electrons. The molecule has 0 aliphatic carbocycles. The molecule has 140 valence electrons. The normalized spacial score (nSPS) is 11.9. The lowest BCUT2D eigenvalue weighted by atomic mass is 10.1. The van der Waals surface area contributed by atoms with Crippen LogP contribution in [0, 0.1) is 6.92 Å². The van der Waals surface area contributed by atoms with E-state index in [-0.39, 0.29) is 17.7 Å². The lowest BCUT2D eigenvalue weighted by Crippen LogP contribution is -2.26. The molecule has 0 spiro atoms. The topological polar surface area (TPSA) is 85.8 Å². The number of carbonyl (C=O) groups is 1. The van der Waals surface area contributed by atoms with Crippen molar-refractivity contribution in [1.82, 2.24) is 25.2 Å². The molecule has 1 N–H and O–H groups in total. The van der Waals surface area contributed by atoms with Gasteiger partial charge in [-0.2, -0.15) is 5.10 Å². The summed E-state index contributed by atoms with van der Waals surface area (Å²) in [7, 11) is 0. The first-order valence-corrected chi connectivity index (χ1v) is 8.90. The Kier molecular flexibility index (Phi) is 4.72. The van der Waals surface area contributed by atoms with Crippen LogP contribution in [-0.4, -0.2) is 25.8 Å². The molecular weight excluding hydrogens is 354 g/mol. The molecule has 2 aromatic heterocycles. The van der Waals surface area contributed by atoms with Gasteiger partial charge in [-0.15, -0.1) is 0 Å². The van der Waals surface area contributed by atoms with Gasteiger partial charge in [0.25, 0.3) is 5.91 Å². The van der Waals surface area contributed by atoms with Crippen LogP contribution in [0.5, 0.6) is 0 Å². The van der Waals surface area contributed by atoms with Gasteiger partial charge in [0.2, 0.25) is 5.76 Å². The predicted molar refractivity (Wildman–Crippen MR) is 104 cm³/mol. The highest BCUT2D eigenvalue weighted by Crippen LogP contribution is 2.21. The number of nitrogens with zero attached hydrogens (tertiary/aromatic N) is 4. The van der Waals surface area contributed by atoms with Crippen LogP contribution >= 0.6 is 0 Å². The fourth-order valence-corrected chi connectivity index (χ4v) is 2.85. The van der Waals surface area contributed by atoms with Crippen molar-refractivity contribution >= 4 is 5.91 Å². The first kappa shape index (κ1) is 17.7. The van der Waals surface area contributed by atoms with Crippen molar-refractivity contribution in [3.05, 3.63) is 84.1 Å². The zero-order valence-electron chi connectivity index (χ0n) is 15.5. The quantitative estimate of drug-likeness (QED) is 0.576. The first-order chi connectivity index (χ1) is 13.6. The Labute approximate surface area is 162 Å². The molecule has 4 aromatic rings. The molecule has 4 rings (SSSR count). The predicted octanol–water partition coefficient (Wildman–Crippen LogP) is 3.72. The van der Waals surface area contributed by atoms with E-state index in [9.17, 15) is 4.79 Å². The number of hydrogen-bond acceptors (Lipinski definition) is 5. The van der Waals surface area contributed by atoms with Gasteiger partial charge in [0, 0.05) is 11.6 Å². The van der Waals surface area contributed by atoms with E-state index in [0.717, 1.165) is 22.4 Å². The third-order valence-corrected chi connectivity index (χ3v) is 4.51. The highest BCUT2D eigenvalue weighted by Gasteiger charge is 2.17. The average molecular weight is 373 g/mol. The van der Waals surface area contributed by atoms with Crippen molar-refractivity contribution < 1.29 is 9.32 Å². The van der Waals surface area contributed by atoms with E-state index in [2.05, 4.69) is 20.6 Å². The van der Waals surface area contributed by atoms with Crippen LogP contribution in [0.1, 0.15) is 34.6 Å². The largest absolute Gasteiger partial charge is 0.350 e. The molecule has 1 amide bonds. The average Bonchev–Trinajstić information content (AvgIpc) is 3.41. The van der Waals surface area contributed by atoms with Crippen LogP contribution in [0.15, 0.2) is 71.8 Å². The lowest BCUT2D eigenvalue weighted by molar-refractivity contribution is 0.0902. The molecule has 1 unspecified atom stereocenters. The van der Waals surface area contributed by atoms with Crippen LogP contribution in [-0.2, 0) is 0 Å². The molecule has 2 heterocycles. The summed E-state index contributed by atoms with van der Waals surface area (Å²) in [4.78, 5) is 16.4. The molecule has 0 bridgehead atoms. The van der Waals surface area contributed by atoms with Gasteiger partial charge in [-0.05, 0) is 31.5 Å².